The van der Waals surface area contributed by atoms with Crippen LogP contribution >= 0.6 is 22.9 Å². The molecule has 0 spiro atoms. The van der Waals surface area contributed by atoms with Crippen molar-refractivity contribution in [2.45, 2.75) is 0 Å². The first kappa shape index (κ1) is 19.7. The Bertz CT molecular complexity index is 1680. The van der Waals surface area contributed by atoms with Crippen molar-refractivity contribution < 1.29 is 4.42 Å². The summed E-state index contributed by atoms with van der Waals surface area (Å²) in [6.45, 7) is 0. The number of hydrogen-bond acceptors (Lipinski definition) is 6. The molecular weight excluding hydrogens is 458 g/mol. The number of halogens is 1. The van der Waals surface area contributed by atoms with E-state index in [4.69, 9.17) is 21.1 Å². The van der Waals surface area contributed by atoms with Crippen molar-refractivity contribution in [1.29, 1.82) is 0 Å². The van der Waals surface area contributed by atoms with Crippen LogP contribution in [0.4, 0.5) is 0 Å². The molecule has 0 N–H and O–H groups in total. The zero-order valence-corrected chi connectivity index (χ0v) is 18.5. The molecule has 0 saturated carbocycles. The van der Waals surface area contributed by atoms with Crippen LogP contribution in [0.2, 0.25) is 5.02 Å². The van der Waals surface area contributed by atoms with Crippen LogP contribution in [0.15, 0.2) is 88.4 Å². The average Bonchev–Trinajstić information content (AvgIpc) is 3.62. The van der Waals surface area contributed by atoms with E-state index in [0.717, 1.165) is 22.5 Å². The van der Waals surface area contributed by atoms with Crippen LogP contribution in [0.25, 0.3) is 39.6 Å². The molecule has 6 aromatic rings. The fourth-order valence-corrected chi connectivity index (χ4v) is 4.55. The summed E-state index contributed by atoms with van der Waals surface area (Å²) in [6, 6.07) is 20.8. The molecule has 9 heteroatoms. The topological polar surface area (TPSA) is 78.2 Å². The number of fused-ring (bicyclic) bond motifs is 1. The quantitative estimate of drug-likeness (QED) is 0.379. The standard InChI is InChI=1S/C24H14ClN5O2S/c25-17-10-8-15(9-11-17)21-16(14-29(27-21)18-5-2-1-3-6-18)13-20-23(31)30-24(33-20)26-22(28-30)19-7-4-12-32-19/h1-14H/b20-13-. The molecule has 6 rings (SSSR count). The highest BCUT2D eigenvalue weighted by Crippen LogP contribution is 2.26. The molecule has 4 aromatic heterocycles. The number of benzene rings is 2. The maximum Gasteiger partial charge on any atom is 0.291 e. The second-order valence-electron chi connectivity index (χ2n) is 7.24. The number of thiazole rings is 1. The van der Waals surface area contributed by atoms with E-state index in [1.54, 1.807) is 23.1 Å². The van der Waals surface area contributed by atoms with Crippen molar-refractivity contribution in [2.24, 2.45) is 0 Å². The van der Waals surface area contributed by atoms with Gasteiger partial charge in [0.05, 0.1) is 16.5 Å². The summed E-state index contributed by atoms with van der Waals surface area (Å²) in [5.74, 6) is 0.902. The van der Waals surface area contributed by atoms with Gasteiger partial charge in [-0.05, 0) is 42.5 Å². The highest BCUT2D eigenvalue weighted by atomic mass is 35.5. The Balaban J connectivity index is 1.51. The van der Waals surface area contributed by atoms with Crippen LogP contribution in [0, 0.1) is 0 Å². The number of aromatic nitrogens is 5. The summed E-state index contributed by atoms with van der Waals surface area (Å²) in [5.41, 5.74) is 3.11. The molecule has 33 heavy (non-hydrogen) atoms. The van der Waals surface area contributed by atoms with E-state index in [1.807, 2.05) is 66.9 Å². The van der Waals surface area contributed by atoms with Crippen molar-refractivity contribution in [3.05, 3.63) is 105 Å². The van der Waals surface area contributed by atoms with Crippen molar-refractivity contribution in [2.75, 3.05) is 0 Å². The molecule has 0 atom stereocenters. The zero-order valence-electron chi connectivity index (χ0n) is 16.9. The van der Waals surface area contributed by atoms with Crippen molar-refractivity contribution in [3.63, 3.8) is 0 Å². The van der Waals surface area contributed by atoms with Crippen LogP contribution < -0.4 is 10.1 Å². The maximum atomic E-state index is 13.0. The van der Waals surface area contributed by atoms with E-state index in [2.05, 4.69) is 10.1 Å². The molecule has 0 bridgehead atoms. The Hall–Kier alpha value is -4.01. The number of furan rings is 1. The van der Waals surface area contributed by atoms with E-state index >= 15 is 0 Å². The summed E-state index contributed by atoms with van der Waals surface area (Å²) < 4.78 is 8.95. The lowest BCUT2D eigenvalue weighted by Gasteiger charge is -2.00. The van der Waals surface area contributed by atoms with Crippen molar-refractivity contribution in [1.82, 2.24) is 24.4 Å². The van der Waals surface area contributed by atoms with Gasteiger partial charge in [0.25, 0.3) is 5.56 Å². The smallest absolute Gasteiger partial charge is 0.291 e. The largest absolute Gasteiger partial charge is 0.461 e. The first-order valence-corrected chi connectivity index (χ1v) is 11.2. The maximum absolute atomic E-state index is 13.0. The van der Waals surface area contributed by atoms with E-state index in [1.165, 1.54) is 15.9 Å². The predicted octanol–water partition coefficient (Wildman–Crippen LogP) is 4.46. The van der Waals surface area contributed by atoms with Gasteiger partial charge in [0.2, 0.25) is 10.8 Å². The van der Waals surface area contributed by atoms with Crippen LogP contribution in [-0.2, 0) is 0 Å². The molecule has 0 aliphatic rings. The van der Waals surface area contributed by atoms with Gasteiger partial charge in [0.15, 0.2) is 5.76 Å². The Morgan fingerprint density at radius 2 is 1.79 bits per heavy atom. The average molecular weight is 472 g/mol. The van der Waals surface area contributed by atoms with E-state index in [9.17, 15) is 4.79 Å². The Morgan fingerprint density at radius 1 is 0.970 bits per heavy atom. The van der Waals surface area contributed by atoms with E-state index in [0.29, 0.717) is 26.1 Å². The molecule has 4 heterocycles. The lowest BCUT2D eigenvalue weighted by molar-refractivity contribution is 0.577. The minimum atomic E-state index is -0.241. The summed E-state index contributed by atoms with van der Waals surface area (Å²) in [4.78, 5) is 18.0. The zero-order chi connectivity index (χ0) is 22.4. The molecule has 0 unspecified atom stereocenters. The summed E-state index contributed by atoms with van der Waals surface area (Å²) in [6.07, 6.45) is 5.28. The van der Waals surface area contributed by atoms with Crippen LogP contribution in [0.5, 0.6) is 0 Å². The Kier molecular flexibility index (Phi) is 4.67. The highest BCUT2D eigenvalue weighted by molar-refractivity contribution is 7.15. The summed E-state index contributed by atoms with van der Waals surface area (Å²) in [7, 11) is 0. The first-order chi connectivity index (χ1) is 16.2. The second kappa shape index (κ2) is 7.84. The van der Waals surface area contributed by atoms with Gasteiger partial charge in [0.1, 0.15) is 5.69 Å². The SMILES string of the molecule is O=c1/c(=C/c2cn(-c3ccccc3)nc2-c2ccc(Cl)cc2)sc2nc(-c3ccco3)nn12. The molecule has 0 radical (unpaired) electrons. The number of rotatable bonds is 4. The van der Waals surface area contributed by atoms with Gasteiger partial charge >= 0.3 is 0 Å². The molecule has 0 aliphatic carbocycles. The number of nitrogens with zero attached hydrogens (tertiary/aromatic N) is 5. The molecule has 0 amide bonds. The second-order valence-corrected chi connectivity index (χ2v) is 8.69. The van der Waals surface area contributed by atoms with Crippen LogP contribution in [0.3, 0.4) is 0 Å². The van der Waals surface area contributed by atoms with Gasteiger partial charge in [-0.2, -0.15) is 14.6 Å². The molecular formula is C24H14ClN5O2S. The molecule has 0 saturated heterocycles. The minimum Gasteiger partial charge on any atom is -0.461 e. The van der Waals surface area contributed by atoms with Crippen molar-refractivity contribution in [3.8, 4) is 28.5 Å². The normalized spacial score (nSPS) is 12.1. The molecule has 2 aromatic carbocycles. The third kappa shape index (κ3) is 3.55. The van der Waals surface area contributed by atoms with Gasteiger partial charge in [0, 0.05) is 22.3 Å². The lowest BCUT2D eigenvalue weighted by Crippen LogP contribution is -2.23. The van der Waals surface area contributed by atoms with Gasteiger partial charge in [-0.1, -0.05) is 53.3 Å². The van der Waals surface area contributed by atoms with E-state index < -0.39 is 0 Å². The van der Waals surface area contributed by atoms with E-state index in [-0.39, 0.29) is 5.56 Å². The van der Waals surface area contributed by atoms with Crippen LogP contribution in [0.1, 0.15) is 5.56 Å². The lowest BCUT2D eigenvalue weighted by atomic mass is 10.1. The summed E-state index contributed by atoms with van der Waals surface area (Å²) >= 11 is 7.35. The third-order valence-corrected chi connectivity index (χ3v) is 6.30. The highest BCUT2D eigenvalue weighted by Gasteiger charge is 2.15. The molecule has 160 valence electrons. The Labute approximate surface area is 195 Å². The summed E-state index contributed by atoms with van der Waals surface area (Å²) in [5, 5.41) is 9.75. The van der Waals surface area contributed by atoms with Gasteiger partial charge in [-0.3, -0.25) is 4.79 Å². The van der Waals surface area contributed by atoms with Gasteiger partial charge in [-0.15, -0.1) is 5.10 Å². The Morgan fingerprint density at radius 3 is 2.52 bits per heavy atom. The first-order valence-electron chi connectivity index (χ1n) is 10.0. The third-order valence-electron chi connectivity index (χ3n) is 5.09. The van der Waals surface area contributed by atoms with Crippen molar-refractivity contribution >= 4 is 34.0 Å². The molecule has 0 fully saturated rings. The fraction of sp³-hybridized carbons (Fsp3) is 0. The predicted molar refractivity (Wildman–Crippen MR) is 128 cm³/mol. The van der Waals surface area contributed by atoms with Gasteiger partial charge in [-0.25, -0.2) is 4.68 Å². The molecule has 7 nitrogen and oxygen atoms in total. The van der Waals surface area contributed by atoms with Crippen LogP contribution in [-0.4, -0.2) is 24.4 Å². The number of hydrogen-bond donors (Lipinski definition) is 0. The number of para-hydroxylation sites is 1. The monoisotopic (exact) mass is 471 g/mol. The minimum absolute atomic E-state index is 0.241. The van der Waals surface area contributed by atoms with Gasteiger partial charge < -0.3 is 4.42 Å². The molecule has 0 aliphatic heterocycles. The fourth-order valence-electron chi connectivity index (χ4n) is 3.52.